The summed E-state index contributed by atoms with van der Waals surface area (Å²) in [7, 11) is 3.26. The van der Waals surface area contributed by atoms with Crippen LogP contribution >= 0.6 is 0 Å². The zero-order valence-electron chi connectivity index (χ0n) is 8.61. The van der Waals surface area contributed by atoms with Crippen molar-refractivity contribution in [1.29, 1.82) is 0 Å². The van der Waals surface area contributed by atoms with E-state index in [-0.39, 0.29) is 6.10 Å². The maximum atomic E-state index is 5.14. The molecule has 14 heavy (non-hydrogen) atoms. The summed E-state index contributed by atoms with van der Waals surface area (Å²) in [5.74, 6) is 0.605. The van der Waals surface area contributed by atoms with Crippen LogP contribution in [0, 0.1) is 6.92 Å². The Kier molecular flexibility index (Phi) is 4.34. The highest BCUT2D eigenvalue weighted by molar-refractivity contribution is 5.17. The number of rotatable bonds is 6. The standard InChI is InChI=1S/C8H15N3O3/c1-6-10-8(14-11-6)9-4-7(13-3)5-12-2/h7H,4-5H2,1-3H3,(H,9,10,11). The lowest BCUT2D eigenvalue weighted by molar-refractivity contribution is 0.0362. The Hall–Kier alpha value is -1.14. The molecule has 6 heteroatoms. The van der Waals surface area contributed by atoms with E-state index < -0.39 is 0 Å². The van der Waals surface area contributed by atoms with E-state index in [0.29, 0.717) is 25.0 Å². The predicted octanol–water partition coefficient (Wildman–Crippen LogP) is 0.451. The first-order chi connectivity index (χ1) is 6.76. The number of aromatic nitrogens is 2. The average Bonchev–Trinajstić information content (AvgIpc) is 2.59. The lowest BCUT2D eigenvalue weighted by Crippen LogP contribution is -2.26. The van der Waals surface area contributed by atoms with Gasteiger partial charge in [0, 0.05) is 20.8 Å². The molecular weight excluding hydrogens is 186 g/mol. The van der Waals surface area contributed by atoms with Crippen molar-refractivity contribution in [3.05, 3.63) is 5.82 Å². The van der Waals surface area contributed by atoms with Gasteiger partial charge in [-0.15, -0.1) is 0 Å². The van der Waals surface area contributed by atoms with Crippen LogP contribution in [-0.4, -0.2) is 43.6 Å². The Labute approximate surface area is 82.6 Å². The van der Waals surface area contributed by atoms with Crippen molar-refractivity contribution < 1.29 is 14.0 Å². The zero-order valence-corrected chi connectivity index (χ0v) is 8.61. The van der Waals surface area contributed by atoms with Gasteiger partial charge in [-0.05, 0) is 6.92 Å². The van der Waals surface area contributed by atoms with Crippen LogP contribution in [-0.2, 0) is 9.47 Å². The summed E-state index contributed by atoms with van der Waals surface area (Å²) >= 11 is 0. The SMILES string of the molecule is COCC(CNc1nc(C)no1)OC. The van der Waals surface area contributed by atoms with Crippen LogP contribution in [0.15, 0.2) is 4.52 Å². The molecule has 0 saturated heterocycles. The van der Waals surface area contributed by atoms with Crippen LogP contribution in [0.5, 0.6) is 0 Å². The third-order valence-corrected chi connectivity index (χ3v) is 1.69. The number of nitrogens with one attached hydrogen (secondary N) is 1. The van der Waals surface area contributed by atoms with E-state index >= 15 is 0 Å². The first-order valence-electron chi connectivity index (χ1n) is 4.32. The van der Waals surface area contributed by atoms with E-state index in [4.69, 9.17) is 14.0 Å². The molecule has 0 fully saturated rings. The number of aryl methyl sites for hydroxylation is 1. The molecule has 1 N–H and O–H groups in total. The molecule has 1 aromatic rings. The second-order valence-corrected chi connectivity index (χ2v) is 2.84. The van der Waals surface area contributed by atoms with E-state index in [1.807, 2.05) is 0 Å². The van der Waals surface area contributed by atoms with Crippen molar-refractivity contribution in [1.82, 2.24) is 10.1 Å². The van der Waals surface area contributed by atoms with Crippen LogP contribution in [0.25, 0.3) is 0 Å². The van der Waals surface area contributed by atoms with Gasteiger partial charge in [0.25, 0.3) is 0 Å². The molecule has 1 rings (SSSR count). The molecular formula is C8H15N3O3. The highest BCUT2D eigenvalue weighted by Crippen LogP contribution is 2.02. The van der Waals surface area contributed by atoms with Crippen LogP contribution < -0.4 is 5.32 Å². The number of hydrogen-bond donors (Lipinski definition) is 1. The second-order valence-electron chi connectivity index (χ2n) is 2.84. The summed E-state index contributed by atoms with van der Waals surface area (Å²) in [6.07, 6.45) is -0.0211. The molecule has 0 aliphatic carbocycles. The molecule has 0 aliphatic heterocycles. The van der Waals surface area contributed by atoms with Crippen LogP contribution in [0.1, 0.15) is 5.82 Å². The zero-order chi connectivity index (χ0) is 10.4. The van der Waals surface area contributed by atoms with Crippen molar-refractivity contribution in [2.75, 3.05) is 32.7 Å². The highest BCUT2D eigenvalue weighted by Gasteiger charge is 2.08. The first kappa shape index (κ1) is 10.9. The maximum absolute atomic E-state index is 5.14. The van der Waals surface area contributed by atoms with E-state index in [1.54, 1.807) is 21.1 Å². The Morgan fingerprint density at radius 2 is 2.29 bits per heavy atom. The molecule has 0 aromatic carbocycles. The summed E-state index contributed by atoms with van der Waals surface area (Å²) in [4.78, 5) is 3.99. The third kappa shape index (κ3) is 3.31. The average molecular weight is 201 g/mol. The van der Waals surface area contributed by atoms with Gasteiger partial charge in [-0.25, -0.2) is 0 Å². The van der Waals surface area contributed by atoms with Crippen molar-refractivity contribution in [3.8, 4) is 0 Å². The van der Waals surface area contributed by atoms with Crippen LogP contribution in [0.4, 0.5) is 6.01 Å². The number of methoxy groups -OCH3 is 2. The van der Waals surface area contributed by atoms with Gasteiger partial charge in [0.1, 0.15) is 0 Å². The van der Waals surface area contributed by atoms with E-state index in [9.17, 15) is 0 Å². The quantitative estimate of drug-likeness (QED) is 0.720. The Bertz CT molecular complexity index is 264. The monoisotopic (exact) mass is 201 g/mol. The molecule has 0 bridgehead atoms. The van der Waals surface area contributed by atoms with Crippen molar-refractivity contribution >= 4 is 6.01 Å². The van der Waals surface area contributed by atoms with E-state index in [1.165, 1.54) is 0 Å². The van der Waals surface area contributed by atoms with Gasteiger partial charge in [0.15, 0.2) is 5.82 Å². The highest BCUT2D eigenvalue weighted by atomic mass is 16.5. The van der Waals surface area contributed by atoms with Crippen LogP contribution in [0.2, 0.25) is 0 Å². The molecule has 1 atom stereocenters. The smallest absolute Gasteiger partial charge is 0.321 e. The maximum Gasteiger partial charge on any atom is 0.321 e. The third-order valence-electron chi connectivity index (χ3n) is 1.69. The van der Waals surface area contributed by atoms with Gasteiger partial charge >= 0.3 is 6.01 Å². The molecule has 0 spiro atoms. The predicted molar refractivity (Wildman–Crippen MR) is 50.2 cm³/mol. The van der Waals surface area contributed by atoms with E-state index in [2.05, 4.69) is 15.5 Å². The van der Waals surface area contributed by atoms with Gasteiger partial charge in [0.05, 0.1) is 12.7 Å². The molecule has 0 amide bonds. The Morgan fingerprint density at radius 3 is 2.79 bits per heavy atom. The van der Waals surface area contributed by atoms with Gasteiger partial charge in [0.2, 0.25) is 0 Å². The number of hydrogen-bond acceptors (Lipinski definition) is 6. The van der Waals surface area contributed by atoms with Gasteiger partial charge < -0.3 is 19.3 Å². The van der Waals surface area contributed by atoms with Crippen molar-refractivity contribution in [2.45, 2.75) is 13.0 Å². The van der Waals surface area contributed by atoms with Gasteiger partial charge in [-0.2, -0.15) is 4.98 Å². The molecule has 0 radical (unpaired) electrons. The van der Waals surface area contributed by atoms with Gasteiger partial charge in [-0.3, -0.25) is 0 Å². The molecule has 1 heterocycles. The molecule has 80 valence electrons. The molecule has 1 unspecified atom stereocenters. The molecule has 6 nitrogen and oxygen atoms in total. The van der Waals surface area contributed by atoms with Crippen LogP contribution in [0.3, 0.4) is 0 Å². The largest absolute Gasteiger partial charge is 0.382 e. The second kappa shape index (κ2) is 5.56. The minimum Gasteiger partial charge on any atom is -0.382 e. The fraction of sp³-hybridized carbons (Fsp3) is 0.750. The Morgan fingerprint density at radius 1 is 1.50 bits per heavy atom. The lowest BCUT2D eigenvalue weighted by atomic mass is 10.4. The summed E-state index contributed by atoms with van der Waals surface area (Å²) in [5.41, 5.74) is 0. The number of anilines is 1. The van der Waals surface area contributed by atoms with Crippen molar-refractivity contribution in [3.63, 3.8) is 0 Å². The topological polar surface area (TPSA) is 69.4 Å². The lowest BCUT2D eigenvalue weighted by Gasteiger charge is -2.13. The normalized spacial score (nSPS) is 12.8. The summed E-state index contributed by atoms with van der Waals surface area (Å²) < 4.78 is 15.0. The van der Waals surface area contributed by atoms with E-state index in [0.717, 1.165) is 0 Å². The first-order valence-corrected chi connectivity index (χ1v) is 4.32. The summed E-state index contributed by atoms with van der Waals surface area (Å²) in [6.45, 7) is 2.86. The summed E-state index contributed by atoms with van der Waals surface area (Å²) in [6, 6.07) is 0.403. The molecule has 0 aliphatic rings. The minimum absolute atomic E-state index is 0.0211. The molecule has 1 aromatic heterocycles. The van der Waals surface area contributed by atoms with Crippen molar-refractivity contribution in [2.24, 2.45) is 0 Å². The summed E-state index contributed by atoms with van der Waals surface area (Å²) in [5, 5.41) is 6.60. The number of nitrogens with zero attached hydrogens (tertiary/aromatic N) is 2. The minimum atomic E-state index is -0.0211. The number of ether oxygens (including phenoxy) is 2. The Balaban J connectivity index is 2.31. The fourth-order valence-electron chi connectivity index (χ4n) is 0.966. The molecule has 0 saturated carbocycles. The fourth-order valence-corrected chi connectivity index (χ4v) is 0.966. The van der Waals surface area contributed by atoms with Gasteiger partial charge in [-0.1, -0.05) is 5.16 Å².